The van der Waals surface area contributed by atoms with Crippen LogP contribution in [0.2, 0.25) is 0 Å². The highest BCUT2D eigenvalue weighted by atomic mass is 32.2. The molecule has 9 heteroatoms. The van der Waals surface area contributed by atoms with Gasteiger partial charge in [-0.2, -0.15) is 8.78 Å². The summed E-state index contributed by atoms with van der Waals surface area (Å²) in [5.41, 5.74) is 1.74. The van der Waals surface area contributed by atoms with E-state index in [4.69, 9.17) is 0 Å². The van der Waals surface area contributed by atoms with Crippen LogP contribution in [0.3, 0.4) is 0 Å². The van der Waals surface area contributed by atoms with Crippen molar-refractivity contribution in [2.45, 2.75) is 23.7 Å². The molecule has 0 aliphatic carbocycles. The second kappa shape index (κ2) is 6.73. The summed E-state index contributed by atoms with van der Waals surface area (Å²) in [5.74, 6) is -1.82. The van der Waals surface area contributed by atoms with Crippen molar-refractivity contribution in [1.29, 1.82) is 0 Å². The minimum atomic E-state index is -4.58. The Hall–Kier alpha value is -2.81. The Morgan fingerprint density at radius 3 is 2.30 bits per heavy atom. The van der Waals surface area contributed by atoms with Crippen LogP contribution in [0.5, 0.6) is 0 Å². The van der Waals surface area contributed by atoms with Crippen molar-refractivity contribution in [3.8, 4) is 11.4 Å². The van der Waals surface area contributed by atoms with Gasteiger partial charge in [-0.25, -0.2) is 8.42 Å². The molecule has 0 fully saturated rings. The maximum atomic E-state index is 12.6. The number of fused-ring (bicyclic) bond motifs is 1. The second-order valence-corrected chi connectivity index (χ2v) is 8.10. The van der Waals surface area contributed by atoms with E-state index in [1.54, 1.807) is 12.1 Å². The van der Waals surface area contributed by atoms with Crippen molar-refractivity contribution in [1.82, 2.24) is 14.8 Å². The molecule has 0 amide bonds. The lowest BCUT2D eigenvalue weighted by atomic mass is 10.2. The van der Waals surface area contributed by atoms with Crippen molar-refractivity contribution in [3.63, 3.8) is 0 Å². The van der Waals surface area contributed by atoms with Gasteiger partial charge in [-0.3, -0.25) is 0 Å². The number of alkyl halides is 2. The van der Waals surface area contributed by atoms with E-state index in [9.17, 15) is 17.2 Å². The number of hydrogen-bond donors (Lipinski definition) is 0. The molecule has 0 saturated carbocycles. The van der Waals surface area contributed by atoms with Crippen LogP contribution >= 0.6 is 0 Å². The SMILES string of the molecule is O=S(=O)(c1ccc(N2CCn3c(nnc3-c3ccccc3)C2)cc1)C(F)F. The summed E-state index contributed by atoms with van der Waals surface area (Å²) in [4.78, 5) is 1.63. The molecule has 140 valence electrons. The fourth-order valence-electron chi connectivity index (χ4n) is 3.13. The lowest BCUT2D eigenvalue weighted by Crippen LogP contribution is -2.34. The first-order chi connectivity index (χ1) is 13.0. The Balaban J connectivity index is 1.56. The zero-order valence-corrected chi connectivity index (χ0v) is 15.0. The highest BCUT2D eigenvalue weighted by molar-refractivity contribution is 7.91. The van der Waals surface area contributed by atoms with Gasteiger partial charge in [0, 0.05) is 24.3 Å². The molecular weight excluding hydrogens is 374 g/mol. The van der Waals surface area contributed by atoms with E-state index in [-0.39, 0.29) is 4.90 Å². The highest BCUT2D eigenvalue weighted by Gasteiger charge is 2.27. The van der Waals surface area contributed by atoms with Crippen LogP contribution in [0.25, 0.3) is 11.4 Å². The van der Waals surface area contributed by atoms with Gasteiger partial charge in [-0.1, -0.05) is 30.3 Å². The number of hydrogen-bond acceptors (Lipinski definition) is 5. The first kappa shape index (κ1) is 17.6. The summed E-state index contributed by atoms with van der Waals surface area (Å²) in [6.07, 6.45) is 0. The summed E-state index contributed by atoms with van der Waals surface area (Å²) in [6, 6.07) is 15.3. The van der Waals surface area contributed by atoms with Gasteiger partial charge in [0.25, 0.3) is 0 Å². The highest BCUT2D eigenvalue weighted by Crippen LogP contribution is 2.26. The zero-order valence-electron chi connectivity index (χ0n) is 14.2. The number of sulfone groups is 1. The molecule has 4 rings (SSSR count). The van der Waals surface area contributed by atoms with Crippen LogP contribution in [0, 0.1) is 0 Å². The Morgan fingerprint density at radius 1 is 0.926 bits per heavy atom. The van der Waals surface area contributed by atoms with E-state index in [0.29, 0.717) is 19.6 Å². The maximum absolute atomic E-state index is 12.6. The zero-order chi connectivity index (χ0) is 19.0. The van der Waals surface area contributed by atoms with Gasteiger partial charge in [-0.15, -0.1) is 10.2 Å². The molecule has 0 bridgehead atoms. The van der Waals surface area contributed by atoms with E-state index in [1.807, 2.05) is 35.2 Å². The third-order valence-corrected chi connectivity index (χ3v) is 5.95. The smallest absolute Gasteiger partial charge is 0.341 e. The number of benzene rings is 2. The topological polar surface area (TPSA) is 68.1 Å². The molecule has 1 aliphatic rings. The molecule has 0 N–H and O–H groups in total. The first-order valence-corrected chi connectivity index (χ1v) is 9.86. The second-order valence-electron chi connectivity index (χ2n) is 6.18. The first-order valence-electron chi connectivity index (χ1n) is 8.31. The minimum Gasteiger partial charge on any atom is -0.362 e. The molecule has 0 atom stereocenters. The van der Waals surface area contributed by atoms with Crippen LogP contribution in [0.4, 0.5) is 14.5 Å². The predicted molar refractivity (Wildman–Crippen MR) is 96.1 cm³/mol. The largest absolute Gasteiger partial charge is 0.362 e. The molecule has 1 aromatic heterocycles. The van der Waals surface area contributed by atoms with Crippen molar-refractivity contribution in [2.75, 3.05) is 11.4 Å². The fourth-order valence-corrected chi connectivity index (χ4v) is 3.85. The van der Waals surface area contributed by atoms with Crippen molar-refractivity contribution in [2.24, 2.45) is 0 Å². The van der Waals surface area contributed by atoms with Crippen LogP contribution in [0.1, 0.15) is 5.82 Å². The van der Waals surface area contributed by atoms with Crippen LogP contribution in [-0.4, -0.2) is 35.5 Å². The van der Waals surface area contributed by atoms with Gasteiger partial charge >= 0.3 is 5.76 Å². The van der Waals surface area contributed by atoms with Crippen LogP contribution < -0.4 is 4.90 Å². The third kappa shape index (κ3) is 3.18. The average molecular weight is 390 g/mol. The van der Waals surface area contributed by atoms with Gasteiger partial charge in [0.1, 0.15) is 0 Å². The molecule has 2 aromatic carbocycles. The Labute approximate surface area is 155 Å². The standard InChI is InChI=1S/C18H16F2N4O2S/c19-18(20)27(25,26)15-8-6-14(7-9-15)23-10-11-24-16(12-23)21-22-17(24)13-4-2-1-3-5-13/h1-9,18H,10-12H2. The monoisotopic (exact) mass is 390 g/mol. The molecule has 6 nitrogen and oxygen atoms in total. The molecule has 1 aliphatic heterocycles. The molecule has 0 radical (unpaired) electrons. The lowest BCUT2D eigenvalue weighted by molar-refractivity contribution is 0.234. The maximum Gasteiger partial charge on any atom is 0.341 e. The van der Waals surface area contributed by atoms with E-state index in [0.717, 1.165) is 22.9 Å². The Kier molecular flexibility index (Phi) is 4.39. The van der Waals surface area contributed by atoms with Gasteiger partial charge in [0.05, 0.1) is 11.4 Å². The van der Waals surface area contributed by atoms with Gasteiger partial charge < -0.3 is 9.47 Å². The molecule has 0 spiro atoms. The molecular formula is C18H16F2N4O2S. The third-order valence-electron chi connectivity index (χ3n) is 4.55. The number of nitrogens with zero attached hydrogens (tertiary/aromatic N) is 4. The summed E-state index contributed by atoms with van der Waals surface area (Å²) >= 11 is 0. The molecule has 2 heterocycles. The van der Waals surface area contributed by atoms with E-state index in [2.05, 4.69) is 14.8 Å². The minimum absolute atomic E-state index is 0.382. The number of aromatic nitrogens is 3. The number of rotatable bonds is 4. The number of halogens is 2. The van der Waals surface area contributed by atoms with Crippen molar-refractivity contribution < 1.29 is 17.2 Å². The fraction of sp³-hybridized carbons (Fsp3) is 0.222. The summed E-state index contributed by atoms with van der Waals surface area (Å²) < 4.78 is 50.4. The molecule has 0 saturated heterocycles. The van der Waals surface area contributed by atoms with Crippen LogP contribution in [0.15, 0.2) is 59.5 Å². The Bertz CT molecular complexity index is 1050. The molecule has 27 heavy (non-hydrogen) atoms. The lowest BCUT2D eigenvalue weighted by Gasteiger charge is -2.29. The van der Waals surface area contributed by atoms with E-state index in [1.165, 1.54) is 12.1 Å². The van der Waals surface area contributed by atoms with Crippen LogP contribution in [-0.2, 0) is 22.9 Å². The summed E-state index contributed by atoms with van der Waals surface area (Å²) in [6.45, 7) is 1.84. The predicted octanol–water partition coefficient (Wildman–Crippen LogP) is 2.96. The summed E-state index contributed by atoms with van der Waals surface area (Å²) in [7, 11) is -4.58. The molecule has 0 unspecified atom stereocenters. The number of anilines is 1. The average Bonchev–Trinajstić information content (AvgIpc) is 3.12. The van der Waals surface area contributed by atoms with Gasteiger partial charge in [0.15, 0.2) is 11.6 Å². The van der Waals surface area contributed by atoms with Crippen molar-refractivity contribution >= 4 is 15.5 Å². The Morgan fingerprint density at radius 2 is 1.63 bits per heavy atom. The molecule has 3 aromatic rings. The quantitative estimate of drug-likeness (QED) is 0.685. The van der Waals surface area contributed by atoms with Crippen molar-refractivity contribution in [3.05, 3.63) is 60.4 Å². The normalized spacial score (nSPS) is 14.4. The van der Waals surface area contributed by atoms with E-state index >= 15 is 0 Å². The summed E-state index contributed by atoms with van der Waals surface area (Å²) in [5, 5.41) is 8.55. The van der Waals surface area contributed by atoms with Gasteiger partial charge in [0.2, 0.25) is 9.84 Å². The van der Waals surface area contributed by atoms with Gasteiger partial charge in [-0.05, 0) is 24.3 Å². The van der Waals surface area contributed by atoms with E-state index < -0.39 is 15.6 Å².